The quantitative estimate of drug-likeness (QED) is 0.740. The molecule has 1 fully saturated rings. The number of thioether (sulfide) groups is 1. The maximum atomic E-state index is 6.13. The molecular weight excluding hydrogens is 204 g/mol. The summed E-state index contributed by atoms with van der Waals surface area (Å²) >= 11 is 2.03. The third-order valence-corrected chi connectivity index (χ3v) is 4.17. The number of hydrogen-bond acceptors (Lipinski definition) is 3. The average Bonchev–Trinajstić information content (AvgIpc) is 2.23. The van der Waals surface area contributed by atoms with Gasteiger partial charge in [-0.3, -0.25) is 0 Å². The highest BCUT2D eigenvalue weighted by Crippen LogP contribution is 2.30. The van der Waals surface area contributed by atoms with Gasteiger partial charge in [0.25, 0.3) is 0 Å². The van der Waals surface area contributed by atoms with Gasteiger partial charge in [-0.1, -0.05) is 12.1 Å². The highest BCUT2D eigenvalue weighted by atomic mass is 32.2. The predicted octanol–water partition coefficient (Wildman–Crippen LogP) is 2.52. The molecular formula is C12H18N2S. The SMILES string of the molecule is Cc1cccc(N2CCSCC2C)c1N. The van der Waals surface area contributed by atoms with E-state index in [4.69, 9.17) is 5.73 Å². The fraction of sp³-hybridized carbons (Fsp3) is 0.500. The summed E-state index contributed by atoms with van der Waals surface area (Å²) in [6.07, 6.45) is 0. The minimum absolute atomic E-state index is 0.591. The van der Waals surface area contributed by atoms with Crippen molar-refractivity contribution in [3.05, 3.63) is 23.8 Å². The van der Waals surface area contributed by atoms with Crippen molar-refractivity contribution in [2.24, 2.45) is 0 Å². The second kappa shape index (κ2) is 4.35. The van der Waals surface area contributed by atoms with E-state index in [9.17, 15) is 0 Å². The summed E-state index contributed by atoms with van der Waals surface area (Å²) in [5, 5.41) is 0. The Morgan fingerprint density at radius 3 is 3.00 bits per heavy atom. The molecule has 1 saturated heterocycles. The lowest BCUT2D eigenvalue weighted by molar-refractivity contribution is 0.701. The van der Waals surface area contributed by atoms with Gasteiger partial charge in [0, 0.05) is 24.1 Å². The summed E-state index contributed by atoms with van der Waals surface area (Å²) in [5.41, 5.74) is 9.46. The zero-order chi connectivity index (χ0) is 10.8. The lowest BCUT2D eigenvalue weighted by Crippen LogP contribution is -2.40. The van der Waals surface area contributed by atoms with Crippen molar-refractivity contribution in [2.75, 3.05) is 28.7 Å². The molecule has 15 heavy (non-hydrogen) atoms. The normalized spacial score (nSPS) is 21.7. The summed E-state index contributed by atoms with van der Waals surface area (Å²) < 4.78 is 0. The smallest absolute Gasteiger partial charge is 0.0605 e. The van der Waals surface area contributed by atoms with Crippen LogP contribution >= 0.6 is 11.8 Å². The molecule has 2 N–H and O–H groups in total. The van der Waals surface area contributed by atoms with E-state index in [0.717, 1.165) is 12.2 Å². The summed E-state index contributed by atoms with van der Waals surface area (Å²) in [6.45, 7) is 5.45. The average molecular weight is 222 g/mol. The van der Waals surface area contributed by atoms with Crippen molar-refractivity contribution in [3.8, 4) is 0 Å². The van der Waals surface area contributed by atoms with E-state index in [1.165, 1.54) is 22.8 Å². The first-order chi connectivity index (χ1) is 7.20. The number of rotatable bonds is 1. The number of para-hydroxylation sites is 1. The number of nitrogen functional groups attached to an aromatic ring is 1. The molecule has 0 aromatic heterocycles. The van der Waals surface area contributed by atoms with Crippen molar-refractivity contribution < 1.29 is 0 Å². The molecule has 1 aliphatic rings. The van der Waals surface area contributed by atoms with E-state index < -0.39 is 0 Å². The lowest BCUT2D eigenvalue weighted by atomic mass is 10.1. The molecule has 82 valence electrons. The molecule has 0 amide bonds. The number of benzene rings is 1. The van der Waals surface area contributed by atoms with E-state index in [1.807, 2.05) is 11.8 Å². The van der Waals surface area contributed by atoms with Crippen LogP contribution in [0.25, 0.3) is 0 Å². The van der Waals surface area contributed by atoms with E-state index in [2.05, 4.69) is 36.9 Å². The van der Waals surface area contributed by atoms with Crippen LogP contribution in [0.3, 0.4) is 0 Å². The molecule has 0 aliphatic carbocycles. The maximum Gasteiger partial charge on any atom is 0.0605 e. The Bertz CT molecular complexity index is 351. The van der Waals surface area contributed by atoms with Gasteiger partial charge in [0.1, 0.15) is 0 Å². The van der Waals surface area contributed by atoms with Crippen LogP contribution in [-0.4, -0.2) is 24.1 Å². The van der Waals surface area contributed by atoms with Crippen molar-refractivity contribution in [1.29, 1.82) is 0 Å². The Balaban J connectivity index is 2.31. The van der Waals surface area contributed by atoms with E-state index in [1.54, 1.807) is 0 Å². The van der Waals surface area contributed by atoms with Gasteiger partial charge in [0.15, 0.2) is 0 Å². The van der Waals surface area contributed by atoms with Crippen LogP contribution in [0.2, 0.25) is 0 Å². The van der Waals surface area contributed by atoms with Crippen LogP contribution < -0.4 is 10.6 Å². The molecule has 1 aromatic carbocycles. The standard InChI is InChI=1S/C12H18N2S/c1-9-4-3-5-11(12(9)13)14-6-7-15-8-10(14)2/h3-5,10H,6-8,13H2,1-2H3. The summed E-state index contributed by atoms with van der Waals surface area (Å²) in [6, 6.07) is 6.89. The topological polar surface area (TPSA) is 29.3 Å². The molecule has 0 saturated carbocycles. The molecule has 2 rings (SSSR count). The molecule has 1 heterocycles. The Hall–Kier alpha value is -0.830. The molecule has 0 radical (unpaired) electrons. The van der Waals surface area contributed by atoms with E-state index >= 15 is 0 Å². The lowest BCUT2D eigenvalue weighted by Gasteiger charge is -2.36. The fourth-order valence-corrected chi connectivity index (χ4v) is 3.01. The summed E-state index contributed by atoms with van der Waals surface area (Å²) in [5.74, 6) is 2.41. The van der Waals surface area contributed by atoms with Gasteiger partial charge in [-0.05, 0) is 25.5 Å². The Morgan fingerprint density at radius 2 is 2.27 bits per heavy atom. The van der Waals surface area contributed by atoms with Gasteiger partial charge in [-0.15, -0.1) is 0 Å². The van der Waals surface area contributed by atoms with Crippen LogP contribution in [-0.2, 0) is 0 Å². The van der Waals surface area contributed by atoms with Gasteiger partial charge < -0.3 is 10.6 Å². The van der Waals surface area contributed by atoms with E-state index in [0.29, 0.717) is 6.04 Å². The van der Waals surface area contributed by atoms with Crippen LogP contribution in [0.15, 0.2) is 18.2 Å². The van der Waals surface area contributed by atoms with Crippen LogP contribution in [0.1, 0.15) is 12.5 Å². The summed E-state index contributed by atoms with van der Waals surface area (Å²) in [4.78, 5) is 2.43. The van der Waals surface area contributed by atoms with Crippen LogP contribution in [0.5, 0.6) is 0 Å². The molecule has 0 bridgehead atoms. The third-order valence-electron chi connectivity index (χ3n) is 2.98. The Morgan fingerprint density at radius 1 is 1.47 bits per heavy atom. The number of anilines is 2. The largest absolute Gasteiger partial charge is 0.397 e. The van der Waals surface area contributed by atoms with Gasteiger partial charge in [-0.25, -0.2) is 0 Å². The number of nitrogens with zero attached hydrogens (tertiary/aromatic N) is 1. The fourth-order valence-electron chi connectivity index (χ4n) is 2.00. The molecule has 1 aromatic rings. The van der Waals surface area contributed by atoms with Crippen molar-refractivity contribution >= 4 is 23.1 Å². The second-order valence-electron chi connectivity index (χ2n) is 4.13. The molecule has 3 heteroatoms. The highest BCUT2D eigenvalue weighted by molar-refractivity contribution is 7.99. The van der Waals surface area contributed by atoms with Gasteiger partial charge in [-0.2, -0.15) is 11.8 Å². The monoisotopic (exact) mass is 222 g/mol. The first-order valence-electron chi connectivity index (χ1n) is 5.39. The maximum absolute atomic E-state index is 6.13. The zero-order valence-electron chi connectivity index (χ0n) is 9.36. The summed E-state index contributed by atoms with van der Waals surface area (Å²) in [7, 11) is 0. The number of nitrogens with two attached hydrogens (primary N) is 1. The molecule has 0 spiro atoms. The molecule has 2 nitrogen and oxygen atoms in total. The Kier molecular flexibility index (Phi) is 3.10. The minimum atomic E-state index is 0.591. The van der Waals surface area contributed by atoms with Crippen molar-refractivity contribution in [2.45, 2.75) is 19.9 Å². The second-order valence-corrected chi connectivity index (χ2v) is 5.27. The predicted molar refractivity (Wildman–Crippen MR) is 69.7 cm³/mol. The van der Waals surface area contributed by atoms with Crippen LogP contribution in [0, 0.1) is 6.92 Å². The molecule has 1 aliphatic heterocycles. The van der Waals surface area contributed by atoms with Crippen LogP contribution in [0.4, 0.5) is 11.4 Å². The molecule has 1 unspecified atom stereocenters. The van der Waals surface area contributed by atoms with Gasteiger partial charge in [0.2, 0.25) is 0 Å². The van der Waals surface area contributed by atoms with Crippen molar-refractivity contribution in [3.63, 3.8) is 0 Å². The Labute approximate surface area is 95.8 Å². The highest BCUT2D eigenvalue weighted by Gasteiger charge is 2.20. The third kappa shape index (κ3) is 2.07. The van der Waals surface area contributed by atoms with E-state index in [-0.39, 0.29) is 0 Å². The van der Waals surface area contributed by atoms with Gasteiger partial charge >= 0.3 is 0 Å². The van der Waals surface area contributed by atoms with Gasteiger partial charge in [0.05, 0.1) is 11.4 Å². The zero-order valence-corrected chi connectivity index (χ0v) is 10.2. The first kappa shape index (κ1) is 10.7. The number of hydrogen-bond donors (Lipinski definition) is 1. The molecule has 1 atom stereocenters. The number of aryl methyl sites for hydroxylation is 1. The first-order valence-corrected chi connectivity index (χ1v) is 6.55. The minimum Gasteiger partial charge on any atom is -0.397 e. The van der Waals surface area contributed by atoms with Crippen molar-refractivity contribution in [1.82, 2.24) is 0 Å².